The molecule has 210 valence electrons. The van der Waals surface area contributed by atoms with Crippen molar-refractivity contribution in [1.82, 2.24) is 9.13 Å². The first-order chi connectivity index (χ1) is 22.3. The number of nitrogens with zero attached hydrogens (tertiary/aromatic N) is 2. The lowest BCUT2D eigenvalue weighted by molar-refractivity contribution is 1.18. The van der Waals surface area contributed by atoms with Gasteiger partial charge in [0.15, 0.2) is 0 Å². The molecule has 0 amide bonds. The molecule has 0 N–H and O–H groups in total. The van der Waals surface area contributed by atoms with Gasteiger partial charge in [-0.05, 0) is 59.7 Å². The Morgan fingerprint density at radius 2 is 0.956 bits per heavy atom. The Kier molecular flexibility index (Phi) is 5.19. The lowest BCUT2D eigenvalue weighted by Gasteiger charge is -2.11. The molecule has 0 saturated carbocycles. The molecule has 45 heavy (non-hydrogen) atoms. The van der Waals surface area contributed by atoms with Crippen LogP contribution in [0.1, 0.15) is 0 Å². The second-order valence-electron chi connectivity index (χ2n) is 11.8. The van der Waals surface area contributed by atoms with Crippen LogP contribution in [-0.4, -0.2) is 9.13 Å². The highest BCUT2D eigenvalue weighted by Crippen LogP contribution is 2.43. The number of aromatic nitrogens is 2. The third kappa shape index (κ3) is 3.56. The molecule has 0 aliphatic rings. The number of rotatable bonds is 3. The summed E-state index contributed by atoms with van der Waals surface area (Å²) in [6, 6.07) is 57.6. The van der Waals surface area contributed by atoms with Gasteiger partial charge < -0.3 is 9.13 Å². The lowest BCUT2D eigenvalue weighted by Crippen LogP contribution is -1.95. The molecule has 3 aromatic heterocycles. The van der Waals surface area contributed by atoms with E-state index >= 15 is 0 Å². The van der Waals surface area contributed by atoms with Gasteiger partial charge in [0.25, 0.3) is 0 Å². The van der Waals surface area contributed by atoms with Crippen LogP contribution in [0.3, 0.4) is 0 Å². The highest BCUT2D eigenvalue weighted by Gasteiger charge is 2.21. The van der Waals surface area contributed by atoms with Crippen LogP contribution in [0.25, 0.3) is 86.3 Å². The monoisotopic (exact) mass is 590 g/mol. The van der Waals surface area contributed by atoms with Crippen molar-refractivity contribution in [2.75, 3.05) is 0 Å². The highest BCUT2D eigenvalue weighted by atomic mass is 32.1. The molecule has 10 aromatic rings. The van der Waals surface area contributed by atoms with E-state index < -0.39 is 0 Å². The fourth-order valence-corrected chi connectivity index (χ4v) is 8.48. The van der Waals surface area contributed by atoms with E-state index in [-0.39, 0.29) is 0 Å². The van der Waals surface area contributed by atoms with Gasteiger partial charge in [-0.25, -0.2) is 0 Å². The van der Waals surface area contributed by atoms with Gasteiger partial charge in [-0.2, -0.15) is 0 Å². The van der Waals surface area contributed by atoms with Gasteiger partial charge in [0, 0.05) is 53.1 Å². The summed E-state index contributed by atoms with van der Waals surface area (Å²) >= 11 is 1.87. The first-order valence-electron chi connectivity index (χ1n) is 15.4. The van der Waals surface area contributed by atoms with Crippen molar-refractivity contribution < 1.29 is 0 Å². The van der Waals surface area contributed by atoms with Crippen molar-refractivity contribution in [2.45, 2.75) is 0 Å². The van der Waals surface area contributed by atoms with E-state index in [0.717, 1.165) is 5.69 Å². The van der Waals surface area contributed by atoms with Crippen LogP contribution >= 0.6 is 11.3 Å². The first-order valence-corrected chi connectivity index (χ1v) is 16.2. The van der Waals surface area contributed by atoms with Crippen LogP contribution in [-0.2, 0) is 0 Å². The molecule has 0 aliphatic carbocycles. The Hall–Kier alpha value is -5.64. The molecule has 0 saturated heterocycles. The van der Waals surface area contributed by atoms with E-state index in [1.165, 1.54) is 80.6 Å². The second-order valence-corrected chi connectivity index (χ2v) is 12.8. The Morgan fingerprint density at radius 3 is 1.78 bits per heavy atom. The molecular formula is C42H26N2S. The van der Waals surface area contributed by atoms with Crippen molar-refractivity contribution >= 4 is 75.1 Å². The second kappa shape index (κ2) is 9.43. The van der Waals surface area contributed by atoms with Gasteiger partial charge in [-0.3, -0.25) is 0 Å². The highest BCUT2D eigenvalue weighted by molar-refractivity contribution is 7.25. The van der Waals surface area contributed by atoms with Gasteiger partial charge in [-0.1, -0.05) is 109 Å². The van der Waals surface area contributed by atoms with Crippen LogP contribution < -0.4 is 0 Å². The zero-order chi connectivity index (χ0) is 29.5. The summed E-state index contributed by atoms with van der Waals surface area (Å²) in [5.41, 5.74) is 9.71. The SMILES string of the molecule is c1ccc(-c2ccc(-n3c4ccccc4c4ccc5c(c6ccccc6n5-c5ccc6c(c5)sc5ccccc56)c43)cc2)cc1. The molecule has 0 bridgehead atoms. The van der Waals surface area contributed by atoms with Crippen LogP contribution in [0, 0.1) is 0 Å². The van der Waals surface area contributed by atoms with E-state index in [0.29, 0.717) is 0 Å². The molecule has 3 heterocycles. The van der Waals surface area contributed by atoms with Gasteiger partial charge in [0.2, 0.25) is 0 Å². The standard InChI is InChI=1S/C42H26N2S/c1-2-10-27(11-3-1)28-18-20-29(21-19-28)44-36-15-7-4-12-31(36)34-24-25-38-41(42(34)44)35-14-5-8-16-37(35)43(38)30-22-23-33-32-13-6-9-17-39(32)45-40(33)26-30/h1-26H. The smallest absolute Gasteiger partial charge is 0.0641 e. The third-order valence-electron chi connectivity index (χ3n) is 9.32. The van der Waals surface area contributed by atoms with Crippen molar-refractivity contribution in [3.8, 4) is 22.5 Å². The van der Waals surface area contributed by atoms with Gasteiger partial charge in [-0.15, -0.1) is 11.3 Å². The number of hydrogen-bond acceptors (Lipinski definition) is 1. The minimum Gasteiger partial charge on any atom is -0.309 e. The summed E-state index contributed by atoms with van der Waals surface area (Å²) in [5, 5.41) is 7.73. The maximum atomic E-state index is 2.47. The number of benzene rings is 7. The Balaban J connectivity index is 1.29. The molecule has 0 radical (unpaired) electrons. The van der Waals surface area contributed by atoms with Crippen molar-refractivity contribution in [1.29, 1.82) is 0 Å². The Morgan fingerprint density at radius 1 is 0.356 bits per heavy atom. The minimum absolute atomic E-state index is 1.16. The summed E-state index contributed by atoms with van der Waals surface area (Å²) in [5.74, 6) is 0. The average Bonchev–Trinajstić information content (AvgIpc) is 3.76. The van der Waals surface area contributed by atoms with Crippen molar-refractivity contribution in [3.05, 3.63) is 158 Å². The number of fused-ring (bicyclic) bond motifs is 10. The van der Waals surface area contributed by atoms with Gasteiger partial charge >= 0.3 is 0 Å². The number of thiophene rings is 1. The van der Waals surface area contributed by atoms with Crippen molar-refractivity contribution in [2.24, 2.45) is 0 Å². The van der Waals surface area contributed by atoms with Gasteiger partial charge in [0.05, 0.1) is 22.1 Å². The van der Waals surface area contributed by atoms with Gasteiger partial charge in [0.1, 0.15) is 0 Å². The molecule has 0 atom stereocenters. The summed E-state index contributed by atoms with van der Waals surface area (Å²) in [6.07, 6.45) is 0. The van der Waals surface area contributed by atoms with E-state index in [1.807, 2.05) is 11.3 Å². The maximum absolute atomic E-state index is 2.47. The Bertz CT molecular complexity index is 2740. The largest absolute Gasteiger partial charge is 0.309 e. The summed E-state index contributed by atoms with van der Waals surface area (Å²) < 4.78 is 7.56. The molecule has 2 nitrogen and oxygen atoms in total. The number of hydrogen-bond donors (Lipinski definition) is 0. The average molecular weight is 591 g/mol. The van der Waals surface area contributed by atoms with Crippen LogP contribution in [0.5, 0.6) is 0 Å². The fourth-order valence-electron chi connectivity index (χ4n) is 7.34. The zero-order valence-electron chi connectivity index (χ0n) is 24.3. The summed E-state index contributed by atoms with van der Waals surface area (Å²) in [7, 11) is 0. The third-order valence-corrected chi connectivity index (χ3v) is 10.5. The molecular weight excluding hydrogens is 565 g/mol. The fraction of sp³-hybridized carbons (Fsp3) is 0. The quantitative estimate of drug-likeness (QED) is 0.194. The molecule has 0 aliphatic heterocycles. The van der Waals surface area contributed by atoms with E-state index in [4.69, 9.17) is 0 Å². The first kappa shape index (κ1) is 24.8. The molecule has 0 unspecified atom stereocenters. The predicted molar refractivity (Wildman–Crippen MR) is 193 cm³/mol. The van der Waals surface area contributed by atoms with Crippen LogP contribution in [0.2, 0.25) is 0 Å². The topological polar surface area (TPSA) is 9.86 Å². The zero-order valence-corrected chi connectivity index (χ0v) is 25.1. The van der Waals surface area contributed by atoms with E-state index in [1.54, 1.807) is 0 Å². The molecule has 7 aromatic carbocycles. The maximum Gasteiger partial charge on any atom is 0.0641 e. The predicted octanol–water partition coefficient (Wildman–Crippen LogP) is 11.9. The Labute approximate surface area is 263 Å². The molecule has 0 fully saturated rings. The molecule has 10 rings (SSSR count). The van der Waals surface area contributed by atoms with Crippen LogP contribution in [0.4, 0.5) is 0 Å². The molecule has 0 spiro atoms. The lowest BCUT2D eigenvalue weighted by atomic mass is 10.1. The van der Waals surface area contributed by atoms with Crippen LogP contribution in [0.15, 0.2) is 158 Å². The minimum atomic E-state index is 1.16. The summed E-state index contributed by atoms with van der Waals surface area (Å²) in [6.45, 7) is 0. The van der Waals surface area contributed by atoms with E-state index in [2.05, 4.69) is 167 Å². The summed E-state index contributed by atoms with van der Waals surface area (Å²) in [4.78, 5) is 0. The van der Waals surface area contributed by atoms with E-state index in [9.17, 15) is 0 Å². The van der Waals surface area contributed by atoms with Crippen molar-refractivity contribution in [3.63, 3.8) is 0 Å². The number of para-hydroxylation sites is 2. The normalized spacial score (nSPS) is 12.0. The molecule has 3 heteroatoms.